The van der Waals surface area contributed by atoms with Gasteiger partial charge in [0.2, 0.25) is 11.5 Å². The number of aliphatic hydroxyl groups excluding tert-OH is 1. The number of rotatable bonds is 17. The number of aryl methyl sites for hydroxylation is 2. The number of unbranched alkanes of at least 4 members (excludes halogenated alkanes) is 4. The summed E-state index contributed by atoms with van der Waals surface area (Å²) in [6.45, 7) is 9.51. The Bertz CT molecular complexity index is 1440. The number of carbonyl (C=O) groups is 1. The summed E-state index contributed by atoms with van der Waals surface area (Å²) < 4.78 is 0. The quantitative estimate of drug-likeness (QED) is 0.0688. The highest BCUT2D eigenvalue weighted by molar-refractivity contribution is 5.87. The molecule has 0 unspecified atom stereocenters. The fourth-order valence-corrected chi connectivity index (χ4v) is 6.57. The lowest BCUT2D eigenvalue weighted by Crippen LogP contribution is -2.14. The topological polar surface area (TPSA) is 83.5 Å². The standard InChI is InChI=1S/C39H50O7/c1-6-8-9-10-11-12-29-13-15-31(16-14-29)35-20-17-32(23-27(35)3)33-18-21-36(30(7-2)24-33)34-19-22-37(43-42-5)38(25-34)44-46-45-39(41)28(4)26-40/h17-25,29,31,40H,4,6-16,26H2,1-3,5H3. The van der Waals surface area contributed by atoms with Crippen molar-refractivity contribution in [1.29, 1.82) is 0 Å². The van der Waals surface area contributed by atoms with Gasteiger partial charge in [0.1, 0.15) is 0 Å². The second-order valence-corrected chi connectivity index (χ2v) is 12.4. The van der Waals surface area contributed by atoms with Crippen LogP contribution >= 0.6 is 0 Å². The zero-order chi connectivity index (χ0) is 32.9. The third-order valence-corrected chi connectivity index (χ3v) is 9.23. The molecule has 0 radical (unpaired) electrons. The monoisotopic (exact) mass is 630 g/mol. The summed E-state index contributed by atoms with van der Waals surface area (Å²) in [7, 11) is 1.37. The molecule has 0 bridgehead atoms. The van der Waals surface area contributed by atoms with Gasteiger partial charge in [-0.2, -0.15) is 4.89 Å². The highest BCUT2D eigenvalue weighted by Gasteiger charge is 2.23. The van der Waals surface area contributed by atoms with Crippen LogP contribution in [-0.2, 0) is 26.0 Å². The second-order valence-electron chi connectivity index (χ2n) is 12.4. The third kappa shape index (κ3) is 9.44. The van der Waals surface area contributed by atoms with Gasteiger partial charge in [-0.15, -0.1) is 0 Å². The summed E-state index contributed by atoms with van der Waals surface area (Å²) in [5.41, 5.74) is 8.17. The van der Waals surface area contributed by atoms with E-state index in [-0.39, 0.29) is 17.1 Å². The van der Waals surface area contributed by atoms with Crippen LogP contribution in [0.4, 0.5) is 0 Å². The maximum absolute atomic E-state index is 11.7. The molecule has 0 amide bonds. The van der Waals surface area contributed by atoms with Crippen molar-refractivity contribution >= 4 is 5.97 Å². The molecule has 3 aromatic rings. The molecule has 7 nitrogen and oxygen atoms in total. The molecule has 1 aliphatic rings. The predicted molar refractivity (Wildman–Crippen MR) is 181 cm³/mol. The third-order valence-electron chi connectivity index (χ3n) is 9.23. The van der Waals surface area contributed by atoms with Gasteiger partial charge < -0.3 is 9.99 Å². The summed E-state index contributed by atoms with van der Waals surface area (Å²) in [5, 5.41) is 13.7. The van der Waals surface area contributed by atoms with Crippen molar-refractivity contribution in [2.45, 2.75) is 97.3 Å². The van der Waals surface area contributed by atoms with Gasteiger partial charge in [0.05, 0.1) is 19.3 Å². The van der Waals surface area contributed by atoms with Crippen molar-refractivity contribution in [3.63, 3.8) is 0 Å². The first kappa shape index (κ1) is 35.2. The lowest BCUT2D eigenvalue weighted by molar-refractivity contribution is -0.436. The van der Waals surface area contributed by atoms with Gasteiger partial charge in [0.15, 0.2) is 0 Å². The molecule has 7 heteroatoms. The van der Waals surface area contributed by atoms with Gasteiger partial charge in [-0.25, -0.2) is 4.79 Å². The molecular formula is C39H50O7. The number of aliphatic hydroxyl groups is 1. The first-order chi connectivity index (χ1) is 22.4. The van der Waals surface area contributed by atoms with Gasteiger partial charge >= 0.3 is 5.97 Å². The Hall–Kier alpha value is -3.65. The average molecular weight is 631 g/mol. The zero-order valence-corrected chi connectivity index (χ0v) is 27.9. The zero-order valence-electron chi connectivity index (χ0n) is 27.9. The number of carbonyl (C=O) groups excluding carboxylic acids is 1. The second kappa shape index (κ2) is 17.9. The molecule has 1 N–H and O–H groups in total. The molecular weight excluding hydrogens is 580 g/mol. The van der Waals surface area contributed by atoms with E-state index in [1.165, 1.54) is 99.1 Å². The van der Waals surface area contributed by atoms with Gasteiger partial charge in [0.25, 0.3) is 0 Å². The number of benzene rings is 3. The van der Waals surface area contributed by atoms with Crippen molar-refractivity contribution in [2.24, 2.45) is 5.92 Å². The van der Waals surface area contributed by atoms with Crippen LogP contribution in [0.3, 0.4) is 0 Å². The maximum atomic E-state index is 11.7. The highest BCUT2D eigenvalue weighted by Crippen LogP contribution is 2.40. The maximum Gasteiger partial charge on any atom is 0.375 e. The molecule has 0 heterocycles. The van der Waals surface area contributed by atoms with Crippen molar-refractivity contribution in [3.05, 3.63) is 83.4 Å². The Kier molecular flexibility index (Phi) is 13.7. The Morgan fingerprint density at radius 1 is 0.848 bits per heavy atom. The first-order valence-electron chi connectivity index (χ1n) is 16.8. The van der Waals surface area contributed by atoms with Crippen LogP contribution in [0.5, 0.6) is 11.5 Å². The Morgan fingerprint density at radius 2 is 1.57 bits per heavy atom. The molecule has 0 aliphatic heterocycles. The summed E-state index contributed by atoms with van der Waals surface area (Å²) in [5.74, 6) is 0.999. The molecule has 0 atom stereocenters. The number of hydrogen-bond donors (Lipinski definition) is 1. The van der Waals surface area contributed by atoms with Crippen molar-refractivity contribution in [2.75, 3.05) is 13.7 Å². The van der Waals surface area contributed by atoms with Crippen LogP contribution in [0.2, 0.25) is 0 Å². The van der Waals surface area contributed by atoms with Crippen LogP contribution in [0.1, 0.15) is 101 Å². The van der Waals surface area contributed by atoms with Crippen LogP contribution < -0.4 is 9.78 Å². The van der Waals surface area contributed by atoms with Crippen LogP contribution in [0, 0.1) is 12.8 Å². The van der Waals surface area contributed by atoms with Gasteiger partial charge in [-0.1, -0.05) is 101 Å². The summed E-state index contributed by atoms with van der Waals surface area (Å²) in [6, 6.07) is 18.8. The van der Waals surface area contributed by atoms with E-state index in [1.807, 2.05) is 6.07 Å². The number of hydrogen-bond acceptors (Lipinski definition) is 7. The van der Waals surface area contributed by atoms with Crippen LogP contribution in [0.25, 0.3) is 22.3 Å². The van der Waals surface area contributed by atoms with E-state index in [9.17, 15) is 4.79 Å². The Balaban J connectivity index is 1.45. The fraction of sp³-hybridized carbons (Fsp3) is 0.462. The summed E-state index contributed by atoms with van der Waals surface area (Å²) in [6.07, 6.45) is 14.5. The lowest BCUT2D eigenvalue weighted by atomic mass is 9.76. The van der Waals surface area contributed by atoms with Crippen molar-refractivity contribution < 1.29 is 34.5 Å². The minimum Gasteiger partial charge on any atom is -0.391 e. The van der Waals surface area contributed by atoms with Crippen LogP contribution in [0.15, 0.2) is 66.7 Å². The molecule has 0 aromatic heterocycles. The van der Waals surface area contributed by atoms with E-state index in [0.29, 0.717) is 5.92 Å². The Labute approximate surface area is 274 Å². The molecule has 0 spiro atoms. The minimum atomic E-state index is -0.948. The normalized spacial score (nSPS) is 16.2. The molecule has 248 valence electrons. The van der Waals surface area contributed by atoms with E-state index in [2.05, 4.69) is 73.7 Å². The molecule has 4 rings (SSSR count). The molecule has 1 saturated carbocycles. The van der Waals surface area contributed by atoms with Crippen LogP contribution in [-0.4, -0.2) is 24.8 Å². The largest absolute Gasteiger partial charge is 0.391 e. The van der Waals surface area contributed by atoms with E-state index in [0.717, 1.165) is 23.5 Å². The molecule has 1 fully saturated rings. The molecule has 1 aliphatic carbocycles. The van der Waals surface area contributed by atoms with E-state index < -0.39 is 12.6 Å². The van der Waals surface area contributed by atoms with Gasteiger partial charge in [-0.05, 0) is 102 Å². The molecule has 3 aromatic carbocycles. The fourth-order valence-electron chi connectivity index (χ4n) is 6.57. The van der Waals surface area contributed by atoms with E-state index >= 15 is 0 Å². The highest BCUT2D eigenvalue weighted by atomic mass is 17.5. The van der Waals surface area contributed by atoms with Gasteiger partial charge in [0, 0.05) is 5.04 Å². The first-order valence-corrected chi connectivity index (χ1v) is 16.8. The summed E-state index contributed by atoms with van der Waals surface area (Å²) in [4.78, 5) is 31.5. The smallest absolute Gasteiger partial charge is 0.375 e. The summed E-state index contributed by atoms with van der Waals surface area (Å²) >= 11 is 0. The minimum absolute atomic E-state index is 0.139. The van der Waals surface area contributed by atoms with Crippen molar-refractivity contribution in [1.82, 2.24) is 0 Å². The average Bonchev–Trinajstić information content (AvgIpc) is 3.08. The van der Waals surface area contributed by atoms with Gasteiger partial charge in [-0.3, -0.25) is 9.78 Å². The SMILES string of the molecule is C=C(CO)C(=O)OOOc1cc(-c2ccc(-c3ccc(C4CCC(CCCCCCC)CC4)c(C)c3)cc2CC)ccc1OOC. The Morgan fingerprint density at radius 3 is 2.26 bits per heavy atom. The van der Waals surface area contributed by atoms with E-state index in [4.69, 9.17) is 19.8 Å². The predicted octanol–water partition coefficient (Wildman–Crippen LogP) is 9.78. The molecule has 46 heavy (non-hydrogen) atoms. The molecule has 0 saturated heterocycles. The van der Waals surface area contributed by atoms with E-state index in [1.54, 1.807) is 12.1 Å². The lowest BCUT2D eigenvalue weighted by Gasteiger charge is -2.30. The van der Waals surface area contributed by atoms with Crippen molar-refractivity contribution in [3.8, 4) is 33.8 Å².